The average molecular weight is 367 g/mol. The summed E-state index contributed by atoms with van der Waals surface area (Å²) in [6.45, 7) is 5.95. The van der Waals surface area contributed by atoms with Crippen LogP contribution in [0.5, 0.6) is 0 Å². The minimum Gasteiger partial charge on any atom is -0.467 e. The van der Waals surface area contributed by atoms with Crippen LogP contribution in [0.15, 0.2) is 22.8 Å². The third kappa shape index (κ3) is 4.59. The normalized spacial score (nSPS) is 20.5. The second kappa shape index (κ2) is 8.78. The van der Waals surface area contributed by atoms with Crippen LogP contribution in [0, 0.1) is 0 Å². The van der Waals surface area contributed by atoms with Crippen molar-refractivity contribution in [2.75, 3.05) is 26.2 Å². The van der Waals surface area contributed by atoms with E-state index < -0.39 is 0 Å². The number of hydrogen-bond donors (Lipinski definition) is 0. The van der Waals surface area contributed by atoms with Crippen LogP contribution in [0.25, 0.3) is 0 Å². The zero-order chi connectivity index (χ0) is 16.2. The third-order valence-corrected chi connectivity index (χ3v) is 5.35. The summed E-state index contributed by atoms with van der Waals surface area (Å²) in [5.41, 5.74) is 0. The molecule has 0 radical (unpaired) electrons. The molecule has 1 aliphatic carbocycles. The fraction of sp³-hybridized carbons (Fsp3) is 0.706. The molecule has 2 fully saturated rings. The fourth-order valence-electron chi connectivity index (χ4n) is 3.94. The zero-order valence-corrected chi connectivity index (χ0v) is 15.4. The first-order valence-corrected chi connectivity index (χ1v) is 9.12. The highest BCUT2D eigenvalue weighted by Gasteiger charge is 2.25. The Bertz CT molecular complexity index is 617. The molecule has 3 heterocycles. The van der Waals surface area contributed by atoms with Gasteiger partial charge in [-0.05, 0) is 35.4 Å². The molecule has 0 amide bonds. The fourth-order valence-corrected chi connectivity index (χ4v) is 3.94. The van der Waals surface area contributed by atoms with Crippen LogP contribution in [-0.4, -0.2) is 62.2 Å². The third-order valence-electron chi connectivity index (χ3n) is 5.35. The summed E-state index contributed by atoms with van der Waals surface area (Å²) in [6.07, 6.45) is 8.71. The van der Waals surface area contributed by atoms with Crippen LogP contribution in [0.2, 0.25) is 0 Å². The van der Waals surface area contributed by atoms with Gasteiger partial charge in [0.25, 0.3) is 0 Å². The maximum atomic E-state index is 5.40. The van der Waals surface area contributed by atoms with Crippen LogP contribution in [0.4, 0.5) is 0 Å². The highest BCUT2D eigenvalue weighted by atomic mass is 35.5. The maximum Gasteiger partial charge on any atom is 0.165 e. The molecule has 2 aromatic heterocycles. The Labute approximate surface area is 154 Å². The Morgan fingerprint density at radius 1 is 1.04 bits per heavy atom. The van der Waals surface area contributed by atoms with Gasteiger partial charge in [0, 0.05) is 32.2 Å². The number of rotatable bonds is 5. The molecule has 0 aromatic carbocycles. The molecule has 0 bridgehead atoms. The molecule has 1 saturated carbocycles. The van der Waals surface area contributed by atoms with Crippen molar-refractivity contribution in [3.63, 3.8) is 0 Å². The summed E-state index contributed by atoms with van der Waals surface area (Å²) in [7, 11) is 0. The Balaban J connectivity index is 0.00000182. The van der Waals surface area contributed by atoms with Crippen molar-refractivity contribution < 1.29 is 4.42 Å². The molecular formula is C17H27ClN6O. The summed E-state index contributed by atoms with van der Waals surface area (Å²) in [5, 5.41) is 12.1. The Morgan fingerprint density at radius 2 is 1.84 bits per heavy atom. The molecule has 25 heavy (non-hydrogen) atoms. The van der Waals surface area contributed by atoms with E-state index in [2.05, 4.69) is 25.3 Å². The van der Waals surface area contributed by atoms with Gasteiger partial charge >= 0.3 is 0 Å². The van der Waals surface area contributed by atoms with Gasteiger partial charge in [-0.15, -0.1) is 17.5 Å². The second-order valence-electron chi connectivity index (χ2n) is 6.94. The topological polar surface area (TPSA) is 63.2 Å². The summed E-state index contributed by atoms with van der Waals surface area (Å²) in [5.74, 6) is 1.79. The van der Waals surface area contributed by atoms with Gasteiger partial charge < -0.3 is 4.42 Å². The van der Waals surface area contributed by atoms with Crippen molar-refractivity contribution in [2.24, 2.45) is 0 Å². The van der Waals surface area contributed by atoms with Crippen molar-refractivity contribution in [3.05, 3.63) is 30.0 Å². The lowest BCUT2D eigenvalue weighted by Crippen LogP contribution is -2.50. The maximum absolute atomic E-state index is 5.40. The Morgan fingerprint density at radius 3 is 2.56 bits per heavy atom. The first-order chi connectivity index (χ1) is 11.9. The quantitative estimate of drug-likeness (QED) is 0.808. The molecule has 0 unspecified atom stereocenters. The van der Waals surface area contributed by atoms with E-state index in [1.165, 1.54) is 45.2 Å². The molecule has 138 valence electrons. The molecule has 2 aromatic rings. The highest BCUT2D eigenvalue weighted by Crippen LogP contribution is 2.23. The number of nitrogens with zero attached hydrogens (tertiary/aromatic N) is 6. The van der Waals surface area contributed by atoms with Gasteiger partial charge in [-0.1, -0.05) is 19.3 Å². The van der Waals surface area contributed by atoms with Crippen molar-refractivity contribution in [2.45, 2.75) is 51.2 Å². The minimum absolute atomic E-state index is 0. The van der Waals surface area contributed by atoms with Gasteiger partial charge in [-0.3, -0.25) is 9.80 Å². The van der Waals surface area contributed by atoms with E-state index in [9.17, 15) is 0 Å². The largest absolute Gasteiger partial charge is 0.467 e. The van der Waals surface area contributed by atoms with Gasteiger partial charge in [-0.2, -0.15) is 0 Å². The van der Waals surface area contributed by atoms with Gasteiger partial charge in [0.1, 0.15) is 12.3 Å². The van der Waals surface area contributed by atoms with Gasteiger partial charge in [0.15, 0.2) is 5.82 Å². The SMILES string of the molecule is Cl.c1coc(Cn2nnnc2CN2CCN(C3CCCCC3)CC2)c1. The molecule has 8 heteroatoms. The van der Waals surface area contributed by atoms with Crippen LogP contribution < -0.4 is 0 Å². The monoisotopic (exact) mass is 366 g/mol. The lowest BCUT2D eigenvalue weighted by atomic mass is 9.94. The van der Waals surface area contributed by atoms with Crippen molar-refractivity contribution in [1.29, 1.82) is 0 Å². The van der Waals surface area contributed by atoms with Gasteiger partial charge in [-0.25, -0.2) is 4.68 Å². The van der Waals surface area contributed by atoms with E-state index in [1.807, 2.05) is 16.8 Å². The summed E-state index contributed by atoms with van der Waals surface area (Å²) < 4.78 is 7.24. The Kier molecular flexibility index (Phi) is 6.45. The van der Waals surface area contributed by atoms with Crippen LogP contribution in [0.3, 0.4) is 0 Å². The smallest absolute Gasteiger partial charge is 0.165 e. The average Bonchev–Trinajstić information content (AvgIpc) is 3.29. The number of piperazine rings is 1. The standard InChI is InChI=1S/C17H26N6O.ClH/c1-2-5-15(6-3-1)22-10-8-21(9-11-22)14-17-18-19-20-23(17)13-16-7-4-12-24-16;/h4,7,12,15H,1-3,5-6,8-11,13-14H2;1H. The molecule has 0 N–H and O–H groups in total. The van der Waals surface area contributed by atoms with Crippen molar-refractivity contribution in [1.82, 2.24) is 30.0 Å². The van der Waals surface area contributed by atoms with Gasteiger partial charge in [0.2, 0.25) is 0 Å². The van der Waals surface area contributed by atoms with Crippen LogP contribution in [-0.2, 0) is 13.1 Å². The van der Waals surface area contributed by atoms with E-state index >= 15 is 0 Å². The number of hydrogen-bond acceptors (Lipinski definition) is 6. The van der Waals surface area contributed by atoms with Crippen molar-refractivity contribution >= 4 is 12.4 Å². The van der Waals surface area contributed by atoms with E-state index in [0.29, 0.717) is 6.54 Å². The van der Waals surface area contributed by atoms with Crippen molar-refractivity contribution in [3.8, 4) is 0 Å². The molecular weight excluding hydrogens is 340 g/mol. The number of furan rings is 1. The zero-order valence-electron chi connectivity index (χ0n) is 14.6. The van der Waals surface area contributed by atoms with E-state index in [-0.39, 0.29) is 12.4 Å². The van der Waals surface area contributed by atoms with Crippen LogP contribution >= 0.6 is 12.4 Å². The van der Waals surface area contributed by atoms with E-state index in [4.69, 9.17) is 4.42 Å². The molecule has 0 atom stereocenters. The summed E-state index contributed by atoms with van der Waals surface area (Å²) in [4.78, 5) is 5.16. The predicted octanol–water partition coefficient (Wildman–Crippen LogP) is 2.19. The van der Waals surface area contributed by atoms with E-state index in [0.717, 1.165) is 37.3 Å². The predicted molar refractivity (Wildman–Crippen MR) is 96.6 cm³/mol. The minimum atomic E-state index is 0. The lowest BCUT2D eigenvalue weighted by molar-refractivity contribution is 0.0735. The Hall–Kier alpha value is -1.44. The van der Waals surface area contributed by atoms with Gasteiger partial charge in [0.05, 0.1) is 12.8 Å². The number of aromatic nitrogens is 4. The molecule has 0 spiro atoms. The molecule has 1 saturated heterocycles. The summed E-state index contributed by atoms with van der Waals surface area (Å²) >= 11 is 0. The molecule has 7 nitrogen and oxygen atoms in total. The first kappa shape index (κ1) is 18.4. The number of halogens is 1. The molecule has 1 aliphatic heterocycles. The lowest BCUT2D eigenvalue weighted by Gasteiger charge is -2.40. The summed E-state index contributed by atoms with van der Waals surface area (Å²) in [6, 6.07) is 4.67. The van der Waals surface area contributed by atoms with E-state index in [1.54, 1.807) is 6.26 Å². The van der Waals surface area contributed by atoms with Crippen LogP contribution in [0.1, 0.15) is 43.7 Å². The second-order valence-corrected chi connectivity index (χ2v) is 6.94. The highest BCUT2D eigenvalue weighted by molar-refractivity contribution is 5.85. The molecule has 2 aliphatic rings. The molecule has 4 rings (SSSR count). The number of tetrazole rings is 1. The first-order valence-electron chi connectivity index (χ1n) is 9.12.